The van der Waals surface area contributed by atoms with Crippen molar-refractivity contribution in [2.75, 3.05) is 31.5 Å². The minimum absolute atomic E-state index is 0.0255. The van der Waals surface area contributed by atoms with Crippen LogP contribution in [0.2, 0.25) is 0 Å². The third-order valence-corrected chi connectivity index (χ3v) is 7.27. The summed E-state index contributed by atoms with van der Waals surface area (Å²) in [6.45, 7) is 4.61. The molecule has 1 amide bonds. The van der Waals surface area contributed by atoms with Crippen molar-refractivity contribution in [3.63, 3.8) is 0 Å². The molecule has 0 radical (unpaired) electrons. The molecule has 3 aromatic rings. The van der Waals surface area contributed by atoms with Crippen molar-refractivity contribution < 1.29 is 18.1 Å². The number of carbonyl (C=O) groups is 1. The molecule has 180 valence electrons. The van der Waals surface area contributed by atoms with Crippen LogP contribution in [-0.4, -0.2) is 54.7 Å². The van der Waals surface area contributed by atoms with E-state index in [1.54, 1.807) is 26.0 Å². The molecular weight excluding hydrogens is 462 g/mol. The second-order valence-corrected chi connectivity index (χ2v) is 9.27. The molecule has 0 atom stereocenters. The number of non-ortho nitro benzene ring substituents is 1. The topological polar surface area (TPSA) is 155 Å². The second kappa shape index (κ2) is 10.4. The molecule has 0 aliphatic heterocycles. The summed E-state index contributed by atoms with van der Waals surface area (Å²) in [5.74, 6) is -0.529. The summed E-state index contributed by atoms with van der Waals surface area (Å²) in [7, 11) is -3.75. The van der Waals surface area contributed by atoms with E-state index in [9.17, 15) is 28.1 Å². The van der Waals surface area contributed by atoms with E-state index in [0.29, 0.717) is 36.2 Å². The lowest BCUT2D eigenvalue weighted by atomic mass is 10.1. The van der Waals surface area contributed by atoms with Gasteiger partial charge in [-0.25, -0.2) is 8.42 Å². The van der Waals surface area contributed by atoms with Crippen molar-refractivity contribution in [3.8, 4) is 0 Å². The number of amides is 1. The number of pyridine rings is 1. The Morgan fingerprint density at radius 1 is 1.06 bits per heavy atom. The number of nitro groups is 1. The van der Waals surface area contributed by atoms with E-state index in [4.69, 9.17) is 0 Å². The number of benzene rings is 2. The fraction of sp³-hybridized carbons (Fsp3) is 0.273. The molecule has 1 heterocycles. The van der Waals surface area contributed by atoms with Crippen molar-refractivity contribution in [3.05, 3.63) is 74.6 Å². The largest absolute Gasteiger partial charge is 0.383 e. The van der Waals surface area contributed by atoms with Crippen LogP contribution in [0.15, 0.2) is 58.2 Å². The number of carbonyl (C=O) groups excluding carboxylic acids is 1. The number of nitrogens with zero attached hydrogens (tertiary/aromatic N) is 2. The number of rotatable bonds is 10. The van der Waals surface area contributed by atoms with Crippen LogP contribution in [0.1, 0.15) is 24.2 Å². The lowest BCUT2D eigenvalue weighted by Crippen LogP contribution is -2.31. The number of nitro benzene ring substituents is 1. The number of fused-ring (bicyclic) bond motifs is 1. The van der Waals surface area contributed by atoms with Crippen LogP contribution in [0.25, 0.3) is 10.9 Å². The first kappa shape index (κ1) is 24.9. The molecule has 0 aliphatic rings. The van der Waals surface area contributed by atoms with Gasteiger partial charge in [0.05, 0.1) is 15.4 Å². The number of hydrogen-bond acceptors (Lipinski definition) is 7. The lowest BCUT2D eigenvalue weighted by molar-refractivity contribution is -0.384. The lowest BCUT2D eigenvalue weighted by Gasteiger charge is -2.19. The smallest absolute Gasteiger partial charge is 0.269 e. The van der Waals surface area contributed by atoms with Gasteiger partial charge < -0.3 is 15.6 Å². The zero-order valence-electron chi connectivity index (χ0n) is 18.7. The van der Waals surface area contributed by atoms with E-state index in [2.05, 4.69) is 15.6 Å². The quantitative estimate of drug-likeness (QED) is 0.225. The Morgan fingerprint density at radius 3 is 2.35 bits per heavy atom. The van der Waals surface area contributed by atoms with Gasteiger partial charge in [-0.1, -0.05) is 13.8 Å². The Balaban J connectivity index is 1.77. The van der Waals surface area contributed by atoms with E-state index in [0.717, 1.165) is 6.07 Å². The third kappa shape index (κ3) is 5.41. The first-order valence-corrected chi connectivity index (χ1v) is 12.0. The number of H-pyrrole nitrogens is 1. The first-order valence-electron chi connectivity index (χ1n) is 10.6. The standard InChI is InChI=1S/C22H25N5O6S/c1-3-26(4-2)34(32,33)17-9-10-20-18(13-17)19(14-21(28)25-20)22(29)24-12-11-23-15-5-7-16(8-6-15)27(30)31/h5-10,13-14,23H,3-4,11-12H2,1-2H3,(H,24,29)(H,25,28). The van der Waals surface area contributed by atoms with Gasteiger partial charge in [-0.05, 0) is 30.3 Å². The van der Waals surface area contributed by atoms with Crippen LogP contribution in [0.3, 0.4) is 0 Å². The van der Waals surface area contributed by atoms with Crippen molar-refractivity contribution in [2.45, 2.75) is 18.7 Å². The molecule has 1 aromatic heterocycles. The van der Waals surface area contributed by atoms with E-state index in [-0.39, 0.29) is 22.7 Å². The molecule has 0 aliphatic carbocycles. The van der Waals surface area contributed by atoms with Crippen LogP contribution >= 0.6 is 0 Å². The van der Waals surface area contributed by atoms with Crippen LogP contribution in [-0.2, 0) is 10.0 Å². The molecular formula is C22H25N5O6S. The van der Waals surface area contributed by atoms with Gasteiger partial charge in [0.1, 0.15) is 0 Å². The Labute approximate surface area is 196 Å². The van der Waals surface area contributed by atoms with E-state index < -0.39 is 26.4 Å². The molecule has 0 saturated carbocycles. The maximum absolute atomic E-state index is 12.9. The number of aromatic amines is 1. The SMILES string of the molecule is CCN(CC)S(=O)(=O)c1ccc2[nH]c(=O)cc(C(=O)NCCNc3ccc([N+](=O)[O-])cc3)c2c1. The summed E-state index contributed by atoms with van der Waals surface area (Å²) in [5.41, 5.74) is 0.543. The minimum Gasteiger partial charge on any atom is -0.383 e. The molecule has 0 saturated heterocycles. The van der Waals surface area contributed by atoms with Gasteiger partial charge in [-0.3, -0.25) is 19.7 Å². The fourth-order valence-corrected chi connectivity index (χ4v) is 4.96. The molecule has 3 rings (SSSR count). The van der Waals surface area contributed by atoms with Crippen LogP contribution in [0.5, 0.6) is 0 Å². The highest BCUT2D eigenvalue weighted by atomic mass is 32.2. The molecule has 0 fully saturated rings. The maximum atomic E-state index is 12.9. The highest BCUT2D eigenvalue weighted by Gasteiger charge is 2.23. The maximum Gasteiger partial charge on any atom is 0.269 e. The molecule has 12 heteroatoms. The third-order valence-electron chi connectivity index (χ3n) is 5.22. The Kier molecular flexibility index (Phi) is 7.64. The average Bonchev–Trinajstić information content (AvgIpc) is 2.81. The molecule has 3 N–H and O–H groups in total. The highest BCUT2D eigenvalue weighted by Crippen LogP contribution is 2.23. The van der Waals surface area contributed by atoms with Crippen LogP contribution in [0.4, 0.5) is 11.4 Å². The van der Waals surface area contributed by atoms with Gasteiger partial charge in [-0.2, -0.15) is 4.31 Å². The summed E-state index contributed by atoms with van der Waals surface area (Å²) >= 11 is 0. The Bertz CT molecular complexity index is 1360. The molecule has 34 heavy (non-hydrogen) atoms. The van der Waals surface area contributed by atoms with Crippen molar-refractivity contribution in [1.82, 2.24) is 14.6 Å². The molecule has 11 nitrogen and oxygen atoms in total. The van der Waals surface area contributed by atoms with Crippen molar-refractivity contribution in [1.29, 1.82) is 0 Å². The molecule has 2 aromatic carbocycles. The van der Waals surface area contributed by atoms with Gasteiger partial charge in [-0.15, -0.1) is 0 Å². The summed E-state index contributed by atoms with van der Waals surface area (Å²) in [6.07, 6.45) is 0. The summed E-state index contributed by atoms with van der Waals surface area (Å²) in [4.78, 5) is 37.8. The zero-order valence-corrected chi connectivity index (χ0v) is 19.5. The normalized spacial score (nSPS) is 11.5. The van der Waals surface area contributed by atoms with Gasteiger partial charge >= 0.3 is 0 Å². The van der Waals surface area contributed by atoms with Crippen LogP contribution < -0.4 is 16.2 Å². The first-order chi connectivity index (χ1) is 16.2. The molecule has 0 bridgehead atoms. The monoisotopic (exact) mass is 487 g/mol. The zero-order chi connectivity index (χ0) is 24.9. The minimum atomic E-state index is -3.75. The Hall–Kier alpha value is -3.77. The van der Waals surface area contributed by atoms with Gasteiger partial charge in [0.15, 0.2) is 0 Å². The highest BCUT2D eigenvalue weighted by molar-refractivity contribution is 7.89. The number of nitrogens with one attached hydrogen (secondary N) is 3. The van der Waals surface area contributed by atoms with Gasteiger partial charge in [0.2, 0.25) is 15.6 Å². The van der Waals surface area contributed by atoms with E-state index in [1.165, 1.54) is 34.6 Å². The predicted molar refractivity (Wildman–Crippen MR) is 129 cm³/mol. The van der Waals surface area contributed by atoms with Crippen molar-refractivity contribution >= 4 is 38.2 Å². The summed E-state index contributed by atoms with van der Waals surface area (Å²) in [6, 6.07) is 11.3. The van der Waals surface area contributed by atoms with Crippen LogP contribution in [0, 0.1) is 10.1 Å². The number of aromatic nitrogens is 1. The predicted octanol–water partition coefficient (Wildman–Crippen LogP) is 2.31. The fourth-order valence-electron chi connectivity index (χ4n) is 3.47. The summed E-state index contributed by atoms with van der Waals surface area (Å²) in [5, 5.41) is 16.8. The summed E-state index contributed by atoms with van der Waals surface area (Å²) < 4.78 is 27.1. The molecule has 0 spiro atoms. The van der Waals surface area contributed by atoms with E-state index >= 15 is 0 Å². The second-order valence-electron chi connectivity index (χ2n) is 7.33. The van der Waals surface area contributed by atoms with Crippen molar-refractivity contribution in [2.24, 2.45) is 0 Å². The number of sulfonamides is 1. The average molecular weight is 488 g/mol. The molecule has 0 unspecified atom stereocenters. The Morgan fingerprint density at radius 2 is 1.74 bits per heavy atom. The van der Waals surface area contributed by atoms with Gasteiger partial charge in [0.25, 0.3) is 11.6 Å². The number of anilines is 1. The van der Waals surface area contributed by atoms with E-state index in [1.807, 2.05) is 0 Å². The number of hydrogen-bond donors (Lipinski definition) is 3. The van der Waals surface area contributed by atoms with Gasteiger partial charge in [0, 0.05) is 61.0 Å².